The number of carbonyl (C=O) groups excluding carboxylic acids is 4. The summed E-state index contributed by atoms with van der Waals surface area (Å²) in [7, 11) is 2.46. The molecule has 0 unspecified atom stereocenters. The molecule has 0 aliphatic carbocycles. The Morgan fingerprint density at radius 1 is 0.906 bits per heavy atom. The molecule has 3 saturated heterocycles. The first-order valence-corrected chi connectivity index (χ1v) is 22.4. The summed E-state index contributed by atoms with van der Waals surface area (Å²) in [6.07, 6.45) is 1.07. The first-order valence-electron chi connectivity index (χ1n) is 22.4. The molecule has 4 aliphatic heterocycles. The van der Waals surface area contributed by atoms with Crippen molar-refractivity contribution in [1.29, 1.82) is 0 Å². The standard InChI is InChI=1S/C47H72O17/c1-10-11-12-13-14-15-39(51)62-43-31(22-41(53)58-9)21-34-25-37(28(2)48)61-42(54)24-32(50)23-35-26-38(59-29(3)49)45(6,7)46(55,63-35)27-36-19-30(20-40(52)57-8)18-33(60-36)16-17-44(4,5)47(43,56)64-34/h12-17,20,28-29,31-38,43,48-50,55-56H,10-11,18-19,21-27H2,1-9H3/t28-,29-,31-,32+,33-,34-,35+,36-,37+,38-,43-,46-,47+/m0/s1. The summed E-state index contributed by atoms with van der Waals surface area (Å²) in [6.45, 7) is 11.6. The van der Waals surface area contributed by atoms with Crippen LogP contribution in [0.15, 0.2) is 48.1 Å². The van der Waals surface area contributed by atoms with Crippen molar-refractivity contribution in [3.63, 3.8) is 0 Å². The van der Waals surface area contributed by atoms with Crippen LogP contribution >= 0.6 is 0 Å². The first kappa shape index (κ1) is 53.1. The zero-order valence-corrected chi connectivity index (χ0v) is 38.8. The van der Waals surface area contributed by atoms with E-state index in [1.54, 1.807) is 45.9 Å². The molecule has 6 bridgehead atoms. The molecule has 64 heavy (non-hydrogen) atoms. The van der Waals surface area contributed by atoms with E-state index in [4.69, 9.17) is 37.9 Å². The molecule has 0 radical (unpaired) electrons. The summed E-state index contributed by atoms with van der Waals surface area (Å²) in [4.78, 5) is 52.5. The van der Waals surface area contributed by atoms with E-state index in [0.29, 0.717) is 5.57 Å². The highest BCUT2D eigenvalue weighted by Gasteiger charge is 2.60. The van der Waals surface area contributed by atoms with Crippen LogP contribution in [0.25, 0.3) is 0 Å². The van der Waals surface area contributed by atoms with Crippen molar-refractivity contribution < 1.29 is 82.6 Å². The SMILES string of the molecule is CCCC=CC=CC(=O)O[C@H]1[C@H](CC(=O)OC)C[C@H]2C[C@H]([C@H](C)O)OC(=O)C[C@H](O)C[C@@H]3C[C@H](O[C@@H](C)O)C(C)(C)[C@](O)(C[C@@H]4CC(=CC(=O)OC)C[C@H](C=CC(C)(C)[C@]1(O)O2)O4)O3. The average molecular weight is 909 g/mol. The maximum Gasteiger partial charge on any atom is 0.331 e. The molecule has 362 valence electrons. The van der Waals surface area contributed by atoms with Crippen molar-refractivity contribution in [3.8, 4) is 0 Å². The van der Waals surface area contributed by atoms with Gasteiger partial charge in [-0.3, -0.25) is 9.59 Å². The Morgan fingerprint density at radius 2 is 1.61 bits per heavy atom. The van der Waals surface area contributed by atoms with Gasteiger partial charge in [-0.25, -0.2) is 9.59 Å². The molecule has 17 nitrogen and oxygen atoms in total. The molecule has 17 heteroatoms. The monoisotopic (exact) mass is 908 g/mol. The highest BCUT2D eigenvalue weighted by atomic mass is 16.7. The fourth-order valence-electron chi connectivity index (χ4n) is 9.03. The second-order valence-electron chi connectivity index (χ2n) is 18.8. The minimum atomic E-state index is -2.39. The van der Waals surface area contributed by atoms with Crippen molar-refractivity contribution in [2.45, 2.75) is 192 Å². The number of cyclic esters (lactones) is 1. The lowest BCUT2D eigenvalue weighted by molar-refractivity contribution is -0.361. The number of hydrogen-bond acceptors (Lipinski definition) is 17. The highest BCUT2D eigenvalue weighted by Crippen LogP contribution is 2.50. The summed E-state index contributed by atoms with van der Waals surface area (Å²) in [5, 5.41) is 58.0. The van der Waals surface area contributed by atoms with Crippen LogP contribution in [0.3, 0.4) is 0 Å². The molecule has 3 fully saturated rings. The van der Waals surface area contributed by atoms with Crippen LogP contribution in [-0.2, 0) is 57.1 Å². The summed E-state index contributed by atoms with van der Waals surface area (Å²) < 4.78 is 47.2. The van der Waals surface area contributed by atoms with Crippen molar-refractivity contribution in [1.82, 2.24) is 0 Å². The number of aliphatic hydroxyl groups excluding tert-OH is 3. The Morgan fingerprint density at radius 3 is 2.25 bits per heavy atom. The minimum absolute atomic E-state index is 0.00172. The fourth-order valence-corrected chi connectivity index (χ4v) is 9.03. The smallest absolute Gasteiger partial charge is 0.331 e. The van der Waals surface area contributed by atoms with Crippen LogP contribution in [0.1, 0.15) is 119 Å². The Bertz CT molecular complexity index is 1720. The zero-order valence-electron chi connectivity index (χ0n) is 38.8. The van der Waals surface area contributed by atoms with Crippen molar-refractivity contribution in [3.05, 3.63) is 48.1 Å². The molecule has 4 rings (SSSR count). The lowest BCUT2D eigenvalue weighted by atomic mass is 9.70. The molecule has 4 aliphatic rings. The van der Waals surface area contributed by atoms with Crippen LogP contribution in [-0.4, -0.2) is 136 Å². The maximum atomic E-state index is 13.5. The lowest BCUT2D eigenvalue weighted by Crippen LogP contribution is -2.64. The third-order valence-corrected chi connectivity index (χ3v) is 12.8. The van der Waals surface area contributed by atoms with Crippen molar-refractivity contribution >= 4 is 23.9 Å². The van der Waals surface area contributed by atoms with E-state index < -0.39 is 120 Å². The van der Waals surface area contributed by atoms with Crippen LogP contribution in [0.2, 0.25) is 0 Å². The third kappa shape index (κ3) is 13.8. The summed E-state index contributed by atoms with van der Waals surface area (Å²) >= 11 is 0. The van der Waals surface area contributed by atoms with E-state index in [2.05, 4.69) is 0 Å². The number of hydrogen-bond donors (Lipinski definition) is 5. The van der Waals surface area contributed by atoms with Crippen LogP contribution < -0.4 is 0 Å². The predicted octanol–water partition coefficient (Wildman–Crippen LogP) is 4.15. The molecule has 0 amide bonds. The molecule has 0 aromatic rings. The van der Waals surface area contributed by atoms with Gasteiger partial charge in [0, 0.05) is 54.6 Å². The van der Waals surface area contributed by atoms with Gasteiger partial charge in [0.15, 0.2) is 18.2 Å². The minimum Gasteiger partial charge on any atom is -0.469 e. The molecular weight excluding hydrogens is 836 g/mol. The van der Waals surface area contributed by atoms with Gasteiger partial charge >= 0.3 is 23.9 Å². The van der Waals surface area contributed by atoms with E-state index >= 15 is 0 Å². The molecule has 13 atom stereocenters. The molecule has 0 aromatic carbocycles. The predicted molar refractivity (Wildman–Crippen MR) is 229 cm³/mol. The number of unbranched alkanes of at least 4 members (excludes halogenated alkanes) is 1. The highest BCUT2D eigenvalue weighted by molar-refractivity contribution is 5.83. The second kappa shape index (κ2) is 22.8. The van der Waals surface area contributed by atoms with E-state index in [-0.39, 0.29) is 51.4 Å². The molecule has 0 spiro atoms. The van der Waals surface area contributed by atoms with Crippen LogP contribution in [0.4, 0.5) is 0 Å². The zero-order chi connectivity index (χ0) is 47.6. The number of esters is 4. The summed E-state index contributed by atoms with van der Waals surface area (Å²) in [5.74, 6) is -8.24. The van der Waals surface area contributed by atoms with Gasteiger partial charge in [0.2, 0.25) is 5.79 Å². The van der Waals surface area contributed by atoms with Gasteiger partial charge in [0.25, 0.3) is 0 Å². The molecule has 5 N–H and O–H groups in total. The fraction of sp³-hybridized carbons (Fsp3) is 0.745. The lowest BCUT2D eigenvalue weighted by Gasteiger charge is -2.54. The Labute approximate surface area is 376 Å². The van der Waals surface area contributed by atoms with Crippen LogP contribution in [0, 0.1) is 16.7 Å². The van der Waals surface area contributed by atoms with Gasteiger partial charge in [0.05, 0.1) is 69.8 Å². The van der Waals surface area contributed by atoms with Gasteiger partial charge in [-0.2, -0.15) is 0 Å². The van der Waals surface area contributed by atoms with Crippen molar-refractivity contribution in [2.75, 3.05) is 14.2 Å². The molecule has 4 heterocycles. The largest absolute Gasteiger partial charge is 0.469 e. The summed E-state index contributed by atoms with van der Waals surface area (Å²) in [5.41, 5.74) is -2.02. The van der Waals surface area contributed by atoms with Crippen LogP contribution in [0.5, 0.6) is 0 Å². The van der Waals surface area contributed by atoms with Gasteiger partial charge < -0.3 is 63.4 Å². The normalized spacial score (nSPS) is 36.4. The number of methoxy groups -OCH3 is 2. The van der Waals surface area contributed by atoms with E-state index in [1.807, 2.05) is 13.0 Å². The van der Waals surface area contributed by atoms with Crippen molar-refractivity contribution in [2.24, 2.45) is 16.7 Å². The van der Waals surface area contributed by atoms with E-state index in [0.717, 1.165) is 12.8 Å². The molecule has 0 aromatic heterocycles. The third-order valence-electron chi connectivity index (χ3n) is 12.8. The number of aliphatic hydroxyl groups is 5. The number of carbonyl (C=O) groups is 4. The van der Waals surface area contributed by atoms with Gasteiger partial charge in [-0.05, 0) is 39.5 Å². The van der Waals surface area contributed by atoms with Gasteiger partial charge in [-0.1, -0.05) is 77.0 Å². The molecular formula is C47H72O17. The Balaban J connectivity index is 1.87. The second-order valence-corrected chi connectivity index (χ2v) is 18.8. The van der Waals surface area contributed by atoms with E-state index in [9.17, 15) is 44.7 Å². The number of ether oxygens (including phenoxy) is 8. The van der Waals surface area contributed by atoms with Gasteiger partial charge in [-0.15, -0.1) is 0 Å². The number of fused-ring (bicyclic) bond motifs is 6. The maximum absolute atomic E-state index is 13.5. The molecule has 0 saturated carbocycles. The van der Waals surface area contributed by atoms with Gasteiger partial charge in [0.1, 0.15) is 6.10 Å². The quantitative estimate of drug-likeness (QED) is 0.0488. The average Bonchev–Trinajstić information content (AvgIpc) is 3.19. The first-order chi connectivity index (χ1) is 29.9. The summed E-state index contributed by atoms with van der Waals surface area (Å²) in [6, 6.07) is 0. The number of rotatable bonds is 11. The Kier molecular flexibility index (Phi) is 18.9. The Hall–Kier alpha value is -3.52. The number of allylic oxidation sites excluding steroid dienone is 3. The van der Waals surface area contributed by atoms with E-state index in [1.165, 1.54) is 46.3 Å². The topological polar surface area (TPSA) is 243 Å².